The van der Waals surface area contributed by atoms with Crippen molar-refractivity contribution in [3.05, 3.63) is 16.8 Å². The highest BCUT2D eigenvalue weighted by molar-refractivity contribution is 5.81. The van der Waals surface area contributed by atoms with Crippen molar-refractivity contribution in [1.29, 1.82) is 0 Å². The second-order valence-corrected chi connectivity index (χ2v) is 4.31. The molecule has 0 spiro atoms. The number of hydrogen-bond donors (Lipinski definition) is 3. The lowest BCUT2D eigenvalue weighted by molar-refractivity contribution is 0.0576. The number of nitrogens with one attached hydrogen (secondary N) is 1. The molecule has 2 aromatic heterocycles. The van der Waals surface area contributed by atoms with Crippen molar-refractivity contribution in [3.8, 4) is 0 Å². The van der Waals surface area contributed by atoms with Gasteiger partial charge in [-0.05, 0) is 6.42 Å². The first kappa shape index (κ1) is 11.2. The van der Waals surface area contributed by atoms with Gasteiger partial charge in [0.15, 0.2) is 5.65 Å². The molecule has 1 fully saturated rings. The molecule has 8 heteroatoms. The van der Waals surface area contributed by atoms with Crippen LogP contribution in [0.15, 0.2) is 11.1 Å². The van der Waals surface area contributed by atoms with Crippen LogP contribution in [0.2, 0.25) is 0 Å². The van der Waals surface area contributed by atoms with E-state index in [1.807, 2.05) is 0 Å². The maximum atomic E-state index is 11.3. The van der Waals surface area contributed by atoms with Gasteiger partial charge in [-0.1, -0.05) is 0 Å². The number of fused-ring (bicyclic) bond motifs is 1. The number of aliphatic hydroxyl groups is 1. The summed E-state index contributed by atoms with van der Waals surface area (Å²) in [6.45, 7) is 0.449. The molecule has 1 aliphatic rings. The van der Waals surface area contributed by atoms with E-state index in [-0.39, 0.29) is 24.6 Å². The SMILES string of the molecule is Nc1[nH]c(=O)nc2c1ncn2[C@@H]1CO[C@H](CO)C1. The lowest BCUT2D eigenvalue weighted by Crippen LogP contribution is -2.16. The molecule has 0 amide bonds. The van der Waals surface area contributed by atoms with Gasteiger partial charge in [0.1, 0.15) is 11.3 Å². The quantitative estimate of drug-likeness (QED) is 0.631. The second kappa shape index (κ2) is 4.07. The Kier molecular flexibility index (Phi) is 2.53. The van der Waals surface area contributed by atoms with Crippen LogP contribution in [-0.4, -0.2) is 43.9 Å². The average molecular weight is 251 g/mol. The zero-order valence-corrected chi connectivity index (χ0v) is 9.54. The van der Waals surface area contributed by atoms with Crippen molar-refractivity contribution < 1.29 is 9.84 Å². The molecule has 3 heterocycles. The minimum absolute atomic E-state index is 0.0146. The number of nitrogens with zero attached hydrogens (tertiary/aromatic N) is 3. The molecule has 1 saturated heterocycles. The molecular formula is C10H13N5O3. The molecule has 0 aliphatic carbocycles. The van der Waals surface area contributed by atoms with Crippen LogP contribution in [0.5, 0.6) is 0 Å². The summed E-state index contributed by atoms with van der Waals surface area (Å²) in [6.07, 6.45) is 2.08. The van der Waals surface area contributed by atoms with Crippen molar-refractivity contribution >= 4 is 17.0 Å². The molecule has 96 valence electrons. The molecule has 0 saturated carbocycles. The van der Waals surface area contributed by atoms with Gasteiger partial charge in [0, 0.05) is 0 Å². The van der Waals surface area contributed by atoms with Gasteiger partial charge in [-0.25, -0.2) is 9.78 Å². The lowest BCUT2D eigenvalue weighted by Gasteiger charge is -2.09. The molecule has 0 aromatic carbocycles. The summed E-state index contributed by atoms with van der Waals surface area (Å²) in [5.74, 6) is 0.210. The first-order chi connectivity index (χ1) is 8.69. The third kappa shape index (κ3) is 1.66. The Morgan fingerprint density at radius 1 is 1.67 bits per heavy atom. The first-order valence-corrected chi connectivity index (χ1v) is 5.64. The summed E-state index contributed by atoms with van der Waals surface area (Å²) >= 11 is 0. The fraction of sp³-hybridized carbons (Fsp3) is 0.500. The van der Waals surface area contributed by atoms with Crippen LogP contribution in [0.25, 0.3) is 11.2 Å². The summed E-state index contributed by atoms with van der Waals surface area (Å²) in [7, 11) is 0. The molecular weight excluding hydrogens is 238 g/mol. The minimum atomic E-state index is -0.501. The van der Waals surface area contributed by atoms with Crippen LogP contribution in [0, 0.1) is 0 Å². The van der Waals surface area contributed by atoms with Crippen LogP contribution in [-0.2, 0) is 4.74 Å². The smallest absolute Gasteiger partial charge is 0.348 e. The normalized spacial score (nSPS) is 23.8. The van der Waals surface area contributed by atoms with E-state index in [9.17, 15) is 4.79 Å². The summed E-state index contributed by atoms with van der Waals surface area (Å²) in [4.78, 5) is 21.8. The largest absolute Gasteiger partial charge is 0.394 e. The minimum Gasteiger partial charge on any atom is -0.394 e. The zero-order chi connectivity index (χ0) is 12.7. The number of H-pyrrole nitrogens is 1. The highest BCUT2D eigenvalue weighted by atomic mass is 16.5. The van der Waals surface area contributed by atoms with Gasteiger partial charge in [0.2, 0.25) is 0 Å². The van der Waals surface area contributed by atoms with Crippen LogP contribution in [0.3, 0.4) is 0 Å². The van der Waals surface area contributed by atoms with Crippen molar-refractivity contribution in [2.24, 2.45) is 0 Å². The predicted molar refractivity (Wildman–Crippen MR) is 63.0 cm³/mol. The van der Waals surface area contributed by atoms with Crippen LogP contribution < -0.4 is 11.4 Å². The topological polar surface area (TPSA) is 119 Å². The molecule has 2 atom stereocenters. The Hall–Kier alpha value is -1.93. The van der Waals surface area contributed by atoms with E-state index in [1.54, 1.807) is 10.9 Å². The Bertz CT molecular complexity index is 634. The summed E-state index contributed by atoms with van der Waals surface area (Å²) in [5.41, 5.74) is 6.10. The molecule has 2 aromatic rings. The number of aliphatic hydroxyl groups excluding tert-OH is 1. The number of imidazole rings is 1. The van der Waals surface area contributed by atoms with E-state index in [2.05, 4.69) is 15.0 Å². The fourth-order valence-electron chi connectivity index (χ4n) is 2.23. The molecule has 1 aliphatic heterocycles. The van der Waals surface area contributed by atoms with Gasteiger partial charge in [0.25, 0.3) is 0 Å². The second-order valence-electron chi connectivity index (χ2n) is 4.31. The van der Waals surface area contributed by atoms with Crippen LogP contribution >= 0.6 is 0 Å². The van der Waals surface area contributed by atoms with Gasteiger partial charge >= 0.3 is 5.69 Å². The van der Waals surface area contributed by atoms with Crippen molar-refractivity contribution in [2.45, 2.75) is 18.6 Å². The van der Waals surface area contributed by atoms with E-state index >= 15 is 0 Å². The number of aromatic amines is 1. The van der Waals surface area contributed by atoms with E-state index in [0.29, 0.717) is 24.2 Å². The van der Waals surface area contributed by atoms with Gasteiger partial charge in [-0.2, -0.15) is 4.98 Å². The molecule has 3 rings (SSSR count). The van der Waals surface area contributed by atoms with Crippen molar-refractivity contribution in [1.82, 2.24) is 19.5 Å². The number of anilines is 1. The molecule has 4 N–H and O–H groups in total. The third-order valence-electron chi connectivity index (χ3n) is 3.13. The number of rotatable bonds is 2. The summed E-state index contributed by atoms with van der Waals surface area (Å²) < 4.78 is 7.18. The number of nitrogens with two attached hydrogens (primary N) is 1. The number of aromatic nitrogens is 4. The van der Waals surface area contributed by atoms with Crippen molar-refractivity contribution in [3.63, 3.8) is 0 Å². The standard InChI is InChI=1S/C10H13N5O3/c11-8-7-9(14-10(17)13-8)15(4-12-7)5-1-6(2-16)18-3-5/h4-6,16H,1-3H2,(H3,11,13,14,17)/t5-,6-/m0/s1. The third-order valence-corrected chi connectivity index (χ3v) is 3.13. The molecule has 0 unspecified atom stereocenters. The van der Waals surface area contributed by atoms with Gasteiger partial charge in [-0.15, -0.1) is 0 Å². The molecule has 8 nitrogen and oxygen atoms in total. The maximum Gasteiger partial charge on any atom is 0.348 e. The van der Waals surface area contributed by atoms with E-state index in [1.165, 1.54) is 0 Å². The first-order valence-electron chi connectivity index (χ1n) is 5.64. The Balaban J connectivity index is 2.05. The zero-order valence-electron chi connectivity index (χ0n) is 9.54. The van der Waals surface area contributed by atoms with E-state index in [4.69, 9.17) is 15.6 Å². The van der Waals surface area contributed by atoms with Crippen molar-refractivity contribution in [2.75, 3.05) is 18.9 Å². The molecule has 0 radical (unpaired) electrons. The average Bonchev–Trinajstić information content (AvgIpc) is 2.93. The Morgan fingerprint density at radius 2 is 2.50 bits per heavy atom. The van der Waals surface area contributed by atoms with Crippen LogP contribution in [0.1, 0.15) is 12.5 Å². The summed E-state index contributed by atoms with van der Waals surface area (Å²) in [6, 6.07) is 0.0147. The van der Waals surface area contributed by atoms with Gasteiger partial charge in [0.05, 0.1) is 31.7 Å². The highest BCUT2D eigenvalue weighted by Gasteiger charge is 2.27. The van der Waals surface area contributed by atoms with E-state index < -0.39 is 5.69 Å². The molecule has 18 heavy (non-hydrogen) atoms. The fourth-order valence-corrected chi connectivity index (χ4v) is 2.23. The Labute approximate surface area is 101 Å². The van der Waals surface area contributed by atoms with E-state index in [0.717, 1.165) is 0 Å². The summed E-state index contributed by atoms with van der Waals surface area (Å²) in [5, 5.41) is 9.04. The number of ether oxygens (including phenoxy) is 1. The monoisotopic (exact) mass is 251 g/mol. The lowest BCUT2D eigenvalue weighted by atomic mass is 10.2. The van der Waals surface area contributed by atoms with Gasteiger partial charge in [-0.3, -0.25) is 4.98 Å². The Morgan fingerprint density at radius 3 is 3.22 bits per heavy atom. The highest BCUT2D eigenvalue weighted by Crippen LogP contribution is 2.27. The number of hydrogen-bond acceptors (Lipinski definition) is 6. The maximum absolute atomic E-state index is 11.3. The van der Waals surface area contributed by atoms with Gasteiger partial charge < -0.3 is 20.1 Å². The molecule has 0 bridgehead atoms. The van der Waals surface area contributed by atoms with Crippen LogP contribution in [0.4, 0.5) is 5.82 Å². The number of nitrogen functional groups attached to an aromatic ring is 1. The predicted octanol–water partition coefficient (Wildman–Crippen LogP) is -0.976.